The van der Waals surface area contributed by atoms with Gasteiger partial charge >= 0.3 is 5.97 Å². The molecule has 3 aromatic carbocycles. The molecule has 4 nitrogen and oxygen atoms in total. The number of carboxylic acids is 1. The van der Waals surface area contributed by atoms with E-state index in [0.29, 0.717) is 13.0 Å². The van der Waals surface area contributed by atoms with E-state index in [9.17, 15) is 9.90 Å². The number of benzene rings is 3. The van der Waals surface area contributed by atoms with Crippen molar-refractivity contribution in [3.63, 3.8) is 0 Å². The molecule has 28 heavy (non-hydrogen) atoms. The standard InChI is InChI=1S/C24H25NO3/c1-25(2)16-18(14-17-10-12-20(13-11-17)24(27)28)15-23(26)22-9-5-7-19-6-3-4-8-21(19)22/h3-14,23,26H,15-16H2,1-2H3,(H,27,28). The van der Waals surface area contributed by atoms with Gasteiger partial charge in [-0.3, -0.25) is 0 Å². The molecule has 0 aromatic heterocycles. The Labute approximate surface area is 165 Å². The average Bonchev–Trinajstić information content (AvgIpc) is 2.67. The van der Waals surface area contributed by atoms with Gasteiger partial charge in [0.1, 0.15) is 0 Å². The summed E-state index contributed by atoms with van der Waals surface area (Å²) in [6.45, 7) is 0.711. The molecule has 1 unspecified atom stereocenters. The predicted molar refractivity (Wildman–Crippen MR) is 113 cm³/mol. The Morgan fingerprint density at radius 1 is 1.00 bits per heavy atom. The van der Waals surface area contributed by atoms with Crippen LogP contribution in [-0.4, -0.2) is 41.7 Å². The highest BCUT2D eigenvalue weighted by Gasteiger charge is 2.14. The Kier molecular flexibility index (Phi) is 6.24. The maximum Gasteiger partial charge on any atom is 0.335 e. The minimum Gasteiger partial charge on any atom is -0.478 e. The minimum atomic E-state index is -0.935. The summed E-state index contributed by atoms with van der Waals surface area (Å²) < 4.78 is 0. The molecule has 0 amide bonds. The summed E-state index contributed by atoms with van der Waals surface area (Å²) in [5, 5.41) is 22.2. The van der Waals surface area contributed by atoms with E-state index in [4.69, 9.17) is 5.11 Å². The second-order valence-electron chi connectivity index (χ2n) is 7.26. The molecule has 0 saturated heterocycles. The van der Waals surface area contributed by atoms with Crippen LogP contribution in [0.1, 0.15) is 34.0 Å². The van der Waals surface area contributed by atoms with Crippen LogP contribution in [0.4, 0.5) is 0 Å². The highest BCUT2D eigenvalue weighted by atomic mass is 16.4. The van der Waals surface area contributed by atoms with Gasteiger partial charge in [0, 0.05) is 13.0 Å². The molecule has 0 fully saturated rings. The maximum atomic E-state index is 11.0. The van der Waals surface area contributed by atoms with Crippen molar-refractivity contribution >= 4 is 22.8 Å². The van der Waals surface area contributed by atoms with Crippen LogP contribution in [0.5, 0.6) is 0 Å². The molecular weight excluding hydrogens is 350 g/mol. The van der Waals surface area contributed by atoms with Gasteiger partial charge in [0.25, 0.3) is 0 Å². The molecule has 0 spiro atoms. The molecule has 0 saturated carbocycles. The molecule has 0 bridgehead atoms. The Morgan fingerprint density at radius 3 is 2.36 bits per heavy atom. The number of carbonyl (C=O) groups is 1. The third-order valence-corrected chi connectivity index (χ3v) is 4.69. The minimum absolute atomic E-state index is 0.266. The summed E-state index contributed by atoms with van der Waals surface area (Å²) >= 11 is 0. The van der Waals surface area contributed by atoms with Gasteiger partial charge < -0.3 is 15.1 Å². The van der Waals surface area contributed by atoms with E-state index < -0.39 is 12.1 Å². The van der Waals surface area contributed by atoms with E-state index in [0.717, 1.165) is 27.5 Å². The van der Waals surface area contributed by atoms with Crippen molar-refractivity contribution in [1.29, 1.82) is 0 Å². The lowest BCUT2D eigenvalue weighted by Gasteiger charge is -2.19. The molecule has 0 aliphatic heterocycles. The van der Waals surface area contributed by atoms with E-state index >= 15 is 0 Å². The number of aromatic carboxylic acids is 1. The zero-order chi connectivity index (χ0) is 20.1. The second-order valence-corrected chi connectivity index (χ2v) is 7.26. The quantitative estimate of drug-likeness (QED) is 0.633. The van der Waals surface area contributed by atoms with Crippen molar-refractivity contribution in [2.45, 2.75) is 12.5 Å². The zero-order valence-electron chi connectivity index (χ0n) is 16.2. The third-order valence-electron chi connectivity index (χ3n) is 4.69. The SMILES string of the molecule is CN(C)CC(=Cc1ccc(C(=O)O)cc1)CC(O)c1cccc2ccccc12. The van der Waals surface area contributed by atoms with Gasteiger partial charge in [0.05, 0.1) is 11.7 Å². The first-order chi connectivity index (χ1) is 13.4. The van der Waals surface area contributed by atoms with Crippen LogP contribution in [0.2, 0.25) is 0 Å². The molecule has 2 N–H and O–H groups in total. The van der Waals surface area contributed by atoms with Crippen LogP contribution in [0, 0.1) is 0 Å². The van der Waals surface area contributed by atoms with E-state index in [1.165, 1.54) is 0 Å². The van der Waals surface area contributed by atoms with Crippen LogP contribution in [-0.2, 0) is 0 Å². The lowest BCUT2D eigenvalue weighted by Crippen LogP contribution is -2.16. The van der Waals surface area contributed by atoms with Crippen LogP contribution in [0.15, 0.2) is 72.3 Å². The highest BCUT2D eigenvalue weighted by molar-refractivity contribution is 5.88. The molecular formula is C24H25NO3. The van der Waals surface area contributed by atoms with Gasteiger partial charge in [-0.05, 0) is 48.1 Å². The Morgan fingerprint density at radius 2 is 1.68 bits per heavy atom. The molecule has 4 heteroatoms. The fourth-order valence-electron chi connectivity index (χ4n) is 3.43. The summed E-state index contributed by atoms with van der Waals surface area (Å²) in [7, 11) is 3.98. The van der Waals surface area contributed by atoms with E-state index in [-0.39, 0.29) is 5.56 Å². The first-order valence-electron chi connectivity index (χ1n) is 9.27. The largest absolute Gasteiger partial charge is 0.478 e. The van der Waals surface area contributed by atoms with Crippen LogP contribution in [0.3, 0.4) is 0 Å². The number of likely N-dealkylation sites (N-methyl/N-ethyl adjacent to an activating group) is 1. The molecule has 0 heterocycles. The fourth-order valence-corrected chi connectivity index (χ4v) is 3.43. The van der Waals surface area contributed by atoms with Crippen molar-refractivity contribution < 1.29 is 15.0 Å². The van der Waals surface area contributed by atoms with E-state index in [2.05, 4.69) is 4.90 Å². The normalized spacial score (nSPS) is 13.1. The van der Waals surface area contributed by atoms with Crippen LogP contribution in [0.25, 0.3) is 16.8 Å². The summed E-state index contributed by atoms with van der Waals surface area (Å²) in [4.78, 5) is 13.1. The van der Waals surface area contributed by atoms with E-state index in [1.54, 1.807) is 24.3 Å². The molecule has 0 aliphatic carbocycles. The number of hydrogen-bond donors (Lipinski definition) is 2. The van der Waals surface area contributed by atoms with Gasteiger partial charge in [-0.1, -0.05) is 66.2 Å². The number of nitrogens with zero attached hydrogens (tertiary/aromatic N) is 1. The number of aliphatic hydroxyl groups is 1. The molecule has 3 rings (SSSR count). The van der Waals surface area contributed by atoms with Gasteiger partial charge in [-0.25, -0.2) is 4.79 Å². The second kappa shape index (κ2) is 8.83. The number of hydrogen-bond acceptors (Lipinski definition) is 3. The molecule has 0 aliphatic rings. The summed E-state index contributed by atoms with van der Waals surface area (Å²) in [6, 6.07) is 20.8. The van der Waals surface area contributed by atoms with Gasteiger partial charge in [0.15, 0.2) is 0 Å². The summed E-state index contributed by atoms with van der Waals surface area (Å²) in [5.74, 6) is -0.935. The molecule has 3 aromatic rings. The van der Waals surface area contributed by atoms with E-state index in [1.807, 2.05) is 62.6 Å². The highest BCUT2D eigenvalue weighted by Crippen LogP contribution is 2.29. The average molecular weight is 375 g/mol. The van der Waals surface area contributed by atoms with Gasteiger partial charge in [0.2, 0.25) is 0 Å². The first-order valence-corrected chi connectivity index (χ1v) is 9.27. The topological polar surface area (TPSA) is 60.8 Å². The first kappa shape index (κ1) is 19.8. The van der Waals surface area contributed by atoms with Crippen molar-refractivity contribution in [1.82, 2.24) is 4.90 Å². The van der Waals surface area contributed by atoms with Crippen LogP contribution < -0.4 is 0 Å². The van der Waals surface area contributed by atoms with Crippen molar-refractivity contribution in [2.24, 2.45) is 0 Å². The number of fused-ring (bicyclic) bond motifs is 1. The Bertz CT molecular complexity index is 985. The van der Waals surface area contributed by atoms with Crippen molar-refractivity contribution in [3.8, 4) is 0 Å². The molecule has 0 radical (unpaired) electrons. The Balaban J connectivity index is 1.88. The summed E-state index contributed by atoms with van der Waals surface area (Å²) in [5.41, 5.74) is 3.19. The maximum absolute atomic E-state index is 11.0. The van der Waals surface area contributed by atoms with Crippen molar-refractivity contribution in [2.75, 3.05) is 20.6 Å². The summed E-state index contributed by atoms with van der Waals surface area (Å²) in [6.07, 6.45) is 1.92. The third kappa shape index (κ3) is 4.85. The number of carboxylic acid groups (broad SMARTS) is 1. The smallest absolute Gasteiger partial charge is 0.335 e. The Hall–Kier alpha value is -2.95. The molecule has 1 atom stereocenters. The number of aliphatic hydroxyl groups excluding tert-OH is 1. The van der Waals surface area contributed by atoms with Crippen molar-refractivity contribution in [3.05, 3.63) is 89.0 Å². The monoisotopic (exact) mass is 375 g/mol. The number of rotatable bonds is 7. The van der Waals surface area contributed by atoms with Gasteiger partial charge in [-0.15, -0.1) is 0 Å². The zero-order valence-corrected chi connectivity index (χ0v) is 16.2. The van der Waals surface area contributed by atoms with Gasteiger partial charge in [-0.2, -0.15) is 0 Å². The molecule has 144 valence electrons. The van der Waals surface area contributed by atoms with Crippen LogP contribution >= 0.6 is 0 Å². The fraction of sp³-hybridized carbons (Fsp3) is 0.208. The lowest BCUT2D eigenvalue weighted by molar-refractivity contribution is 0.0697. The lowest BCUT2D eigenvalue weighted by atomic mass is 9.95. The predicted octanol–water partition coefficient (Wildman–Crippen LogP) is 4.61.